The van der Waals surface area contributed by atoms with Gasteiger partial charge in [0, 0.05) is 44.1 Å². The molecule has 0 radical (unpaired) electrons. The van der Waals surface area contributed by atoms with E-state index in [9.17, 15) is 9.59 Å². The maximum Gasteiger partial charge on any atom is 0.410 e. The normalized spacial score (nSPS) is 22.0. The number of carbonyl (C=O) groups is 2. The van der Waals surface area contributed by atoms with Crippen LogP contribution in [0.5, 0.6) is 0 Å². The SMILES string of the molecule is CCCC(C)N1CC2(CCN(C(=O)CCSC)CC2)OC1=O. The van der Waals surface area contributed by atoms with Gasteiger partial charge in [0.2, 0.25) is 5.91 Å². The van der Waals surface area contributed by atoms with Crippen LogP contribution in [0.2, 0.25) is 0 Å². The lowest BCUT2D eigenvalue weighted by atomic mass is 9.91. The molecule has 2 aliphatic heterocycles. The predicted octanol–water partition coefficient (Wildman–Crippen LogP) is 2.74. The van der Waals surface area contributed by atoms with Gasteiger partial charge in [-0.25, -0.2) is 4.79 Å². The van der Waals surface area contributed by atoms with Gasteiger partial charge < -0.3 is 14.5 Å². The van der Waals surface area contributed by atoms with Gasteiger partial charge in [-0.3, -0.25) is 4.79 Å². The predicted molar refractivity (Wildman–Crippen MR) is 89.1 cm³/mol. The van der Waals surface area contributed by atoms with Gasteiger partial charge in [0.1, 0.15) is 5.60 Å². The van der Waals surface area contributed by atoms with E-state index < -0.39 is 0 Å². The molecule has 1 unspecified atom stereocenters. The zero-order valence-corrected chi connectivity index (χ0v) is 14.8. The molecule has 0 aromatic carbocycles. The lowest BCUT2D eigenvalue weighted by molar-refractivity contribution is -0.134. The van der Waals surface area contributed by atoms with Crippen LogP contribution < -0.4 is 0 Å². The van der Waals surface area contributed by atoms with Gasteiger partial charge in [-0.05, 0) is 19.6 Å². The molecule has 2 rings (SSSR count). The smallest absolute Gasteiger partial charge is 0.410 e. The zero-order chi connectivity index (χ0) is 16.2. The van der Waals surface area contributed by atoms with Crippen molar-refractivity contribution in [2.24, 2.45) is 0 Å². The molecule has 22 heavy (non-hydrogen) atoms. The summed E-state index contributed by atoms with van der Waals surface area (Å²) in [7, 11) is 0. The number of amides is 2. The molecule has 0 aromatic rings. The van der Waals surface area contributed by atoms with Crippen LogP contribution in [0.1, 0.15) is 46.0 Å². The third kappa shape index (κ3) is 3.89. The number of piperidine rings is 1. The van der Waals surface area contributed by atoms with Crippen molar-refractivity contribution in [1.29, 1.82) is 0 Å². The summed E-state index contributed by atoms with van der Waals surface area (Å²) < 4.78 is 5.72. The molecule has 1 spiro atoms. The maximum absolute atomic E-state index is 12.1. The average molecular weight is 328 g/mol. The summed E-state index contributed by atoms with van der Waals surface area (Å²) in [6.07, 6.45) is 6.04. The second-order valence-corrected chi connectivity index (χ2v) is 7.43. The first-order chi connectivity index (χ1) is 10.5. The second kappa shape index (κ2) is 7.57. The first-order valence-corrected chi connectivity index (χ1v) is 9.67. The van der Waals surface area contributed by atoms with Gasteiger partial charge in [-0.1, -0.05) is 13.3 Å². The molecule has 2 heterocycles. The molecule has 1 atom stereocenters. The van der Waals surface area contributed by atoms with Crippen LogP contribution in [-0.4, -0.2) is 65.1 Å². The first-order valence-electron chi connectivity index (χ1n) is 8.27. The fraction of sp³-hybridized carbons (Fsp3) is 0.875. The quantitative estimate of drug-likeness (QED) is 0.752. The summed E-state index contributed by atoms with van der Waals surface area (Å²) in [5.74, 6) is 1.10. The third-order valence-corrected chi connectivity index (χ3v) is 5.40. The Morgan fingerprint density at radius 2 is 2.09 bits per heavy atom. The lowest BCUT2D eigenvalue weighted by Crippen LogP contribution is -2.49. The van der Waals surface area contributed by atoms with Crippen LogP contribution in [0.3, 0.4) is 0 Å². The Kier molecular flexibility index (Phi) is 6.01. The third-order valence-electron chi connectivity index (χ3n) is 4.78. The van der Waals surface area contributed by atoms with E-state index in [0.29, 0.717) is 26.1 Å². The van der Waals surface area contributed by atoms with E-state index in [1.807, 2.05) is 16.1 Å². The number of hydrogen-bond donors (Lipinski definition) is 0. The molecule has 2 fully saturated rings. The Morgan fingerprint density at radius 1 is 1.41 bits per heavy atom. The number of thioether (sulfide) groups is 1. The van der Waals surface area contributed by atoms with Crippen molar-refractivity contribution in [3.05, 3.63) is 0 Å². The monoisotopic (exact) mass is 328 g/mol. The largest absolute Gasteiger partial charge is 0.441 e. The Bertz CT molecular complexity index is 408. The highest BCUT2D eigenvalue weighted by Gasteiger charge is 2.48. The minimum atomic E-state index is -0.366. The van der Waals surface area contributed by atoms with E-state index in [1.54, 1.807) is 11.8 Å². The Labute approximate surface area is 137 Å². The number of hydrogen-bond acceptors (Lipinski definition) is 4. The Balaban J connectivity index is 1.88. The Morgan fingerprint density at radius 3 is 2.68 bits per heavy atom. The number of carbonyl (C=O) groups excluding carboxylic acids is 2. The van der Waals surface area contributed by atoms with E-state index in [-0.39, 0.29) is 23.6 Å². The summed E-state index contributed by atoms with van der Waals surface area (Å²) in [6, 6.07) is 0.234. The Hall–Kier alpha value is -0.910. The van der Waals surface area contributed by atoms with Crippen LogP contribution in [0, 0.1) is 0 Å². The number of ether oxygens (including phenoxy) is 1. The highest BCUT2D eigenvalue weighted by Crippen LogP contribution is 2.34. The van der Waals surface area contributed by atoms with Gasteiger partial charge in [-0.2, -0.15) is 11.8 Å². The molecule has 2 aliphatic rings. The zero-order valence-electron chi connectivity index (χ0n) is 14.0. The van der Waals surface area contributed by atoms with Crippen LogP contribution in [0.25, 0.3) is 0 Å². The van der Waals surface area contributed by atoms with E-state index >= 15 is 0 Å². The van der Waals surface area contributed by atoms with Crippen LogP contribution in [0.4, 0.5) is 4.79 Å². The number of nitrogens with zero attached hydrogens (tertiary/aromatic N) is 2. The van der Waals surface area contributed by atoms with Crippen molar-refractivity contribution in [2.75, 3.05) is 31.6 Å². The molecule has 2 amide bonds. The number of likely N-dealkylation sites (tertiary alicyclic amines) is 1. The fourth-order valence-electron chi connectivity index (χ4n) is 3.33. The minimum Gasteiger partial charge on any atom is -0.441 e. The molecule has 126 valence electrons. The first kappa shape index (κ1) is 17.4. The molecule has 0 N–H and O–H groups in total. The van der Waals surface area contributed by atoms with Crippen molar-refractivity contribution >= 4 is 23.8 Å². The van der Waals surface area contributed by atoms with Crippen molar-refractivity contribution in [3.63, 3.8) is 0 Å². The highest BCUT2D eigenvalue weighted by atomic mass is 32.2. The van der Waals surface area contributed by atoms with E-state index in [2.05, 4.69) is 13.8 Å². The van der Waals surface area contributed by atoms with E-state index in [1.165, 1.54) is 0 Å². The van der Waals surface area contributed by atoms with Crippen molar-refractivity contribution in [2.45, 2.75) is 57.6 Å². The van der Waals surface area contributed by atoms with Gasteiger partial charge in [-0.15, -0.1) is 0 Å². The summed E-state index contributed by atoms with van der Waals surface area (Å²) in [5.41, 5.74) is -0.366. The molecular weight excluding hydrogens is 300 g/mol. The minimum absolute atomic E-state index is 0.178. The van der Waals surface area contributed by atoms with Crippen LogP contribution >= 0.6 is 11.8 Å². The van der Waals surface area contributed by atoms with Crippen molar-refractivity contribution < 1.29 is 14.3 Å². The molecule has 2 saturated heterocycles. The fourth-order valence-corrected chi connectivity index (χ4v) is 3.71. The summed E-state index contributed by atoms with van der Waals surface area (Å²) in [4.78, 5) is 28.0. The average Bonchev–Trinajstić information content (AvgIpc) is 2.82. The summed E-state index contributed by atoms with van der Waals surface area (Å²) in [5, 5.41) is 0. The van der Waals surface area contributed by atoms with Gasteiger partial charge in [0.25, 0.3) is 0 Å². The molecular formula is C16H28N2O3S. The van der Waals surface area contributed by atoms with Gasteiger partial charge >= 0.3 is 6.09 Å². The maximum atomic E-state index is 12.1. The van der Waals surface area contributed by atoms with Crippen LogP contribution in [-0.2, 0) is 9.53 Å². The molecule has 0 saturated carbocycles. The topological polar surface area (TPSA) is 49.9 Å². The van der Waals surface area contributed by atoms with Gasteiger partial charge in [0.05, 0.1) is 6.54 Å². The standard InChI is InChI=1S/C16H28N2O3S/c1-4-5-13(2)18-12-16(21-15(18)20)7-9-17(10-8-16)14(19)6-11-22-3/h13H,4-12H2,1-3H3. The van der Waals surface area contributed by atoms with Crippen LogP contribution in [0.15, 0.2) is 0 Å². The summed E-state index contributed by atoms with van der Waals surface area (Å²) in [6.45, 7) is 6.31. The van der Waals surface area contributed by atoms with Gasteiger partial charge in [0.15, 0.2) is 0 Å². The molecule has 5 nitrogen and oxygen atoms in total. The summed E-state index contributed by atoms with van der Waals surface area (Å²) >= 11 is 1.70. The molecule has 0 aliphatic carbocycles. The van der Waals surface area contributed by atoms with Crippen molar-refractivity contribution in [3.8, 4) is 0 Å². The van der Waals surface area contributed by atoms with E-state index in [4.69, 9.17) is 4.74 Å². The molecule has 0 aromatic heterocycles. The highest BCUT2D eigenvalue weighted by molar-refractivity contribution is 7.98. The molecule has 6 heteroatoms. The van der Waals surface area contributed by atoms with E-state index in [0.717, 1.165) is 31.4 Å². The number of rotatable bonds is 6. The van der Waals surface area contributed by atoms with Crippen molar-refractivity contribution in [1.82, 2.24) is 9.80 Å². The lowest BCUT2D eigenvalue weighted by Gasteiger charge is -2.37. The second-order valence-electron chi connectivity index (χ2n) is 6.44. The molecule has 0 bridgehead atoms.